The molecule has 0 spiro atoms. The van der Waals surface area contributed by atoms with Gasteiger partial charge >= 0.3 is 0 Å². The quantitative estimate of drug-likeness (QED) is 0.772. The molecule has 0 saturated carbocycles. The first-order chi connectivity index (χ1) is 8.27. The van der Waals surface area contributed by atoms with Gasteiger partial charge in [0.1, 0.15) is 0 Å². The minimum atomic E-state index is -0.305. The van der Waals surface area contributed by atoms with E-state index >= 15 is 0 Å². The van der Waals surface area contributed by atoms with Crippen molar-refractivity contribution < 1.29 is 9.13 Å². The Bertz CT molecular complexity index is 346. The van der Waals surface area contributed by atoms with Gasteiger partial charge in [-0.25, -0.2) is 4.39 Å². The Labute approximate surface area is 110 Å². The highest BCUT2D eigenvalue weighted by Crippen LogP contribution is 2.27. The second-order valence-corrected chi connectivity index (χ2v) is 5.16. The molecule has 1 fully saturated rings. The van der Waals surface area contributed by atoms with Crippen LogP contribution in [-0.4, -0.2) is 31.1 Å². The molecule has 4 heteroatoms. The van der Waals surface area contributed by atoms with Crippen LogP contribution in [-0.2, 0) is 0 Å². The van der Waals surface area contributed by atoms with Crippen molar-refractivity contribution in [2.24, 2.45) is 0 Å². The second-order valence-electron chi connectivity index (χ2n) is 4.30. The van der Waals surface area contributed by atoms with E-state index < -0.39 is 0 Å². The summed E-state index contributed by atoms with van der Waals surface area (Å²) < 4.78 is 19.6. The molecule has 0 bridgehead atoms. The molecule has 1 aliphatic rings. The minimum Gasteiger partial charge on any atom is -0.489 e. The summed E-state index contributed by atoms with van der Waals surface area (Å²) in [5.41, 5.74) is 0. The maximum atomic E-state index is 13.4. The molecule has 0 amide bonds. The molecular weight excluding hydrogens is 285 g/mol. The van der Waals surface area contributed by atoms with Crippen molar-refractivity contribution >= 4 is 15.9 Å². The zero-order valence-corrected chi connectivity index (χ0v) is 11.4. The largest absolute Gasteiger partial charge is 0.489 e. The Balaban J connectivity index is 1.74. The van der Waals surface area contributed by atoms with Crippen LogP contribution in [0.2, 0.25) is 0 Å². The van der Waals surface area contributed by atoms with Gasteiger partial charge in [0.2, 0.25) is 0 Å². The molecule has 2 nitrogen and oxygen atoms in total. The van der Waals surface area contributed by atoms with Crippen LogP contribution in [0.5, 0.6) is 5.75 Å². The molecule has 0 aliphatic carbocycles. The van der Waals surface area contributed by atoms with Crippen LogP contribution >= 0.6 is 15.9 Å². The fourth-order valence-corrected chi connectivity index (χ4v) is 2.55. The third-order valence-electron chi connectivity index (χ3n) is 2.98. The van der Waals surface area contributed by atoms with E-state index in [1.807, 2.05) is 0 Å². The van der Waals surface area contributed by atoms with E-state index in [-0.39, 0.29) is 5.82 Å². The zero-order chi connectivity index (χ0) is 12.1. The third-order valence-corrected chi connectivity index (χ3v) is 3.61. The predicted molar refractivity (Wildman–Crippen MR) is 69.9 cm³/mol. The van der Waals surface area contributed by atoms with Crippen molar-refractivity contribution in [3.05, 3.63) is 28.5 Å². The Morgan fingerprint density at radius 3 is 2.76 bits per heavy atom. The van der Waals surface area contributed by atoms with Crippen LogP contribution in [0.4, 0.5) is 4.39 Å². The molecule has 1 saturated heterocycles. The van der Waals surface area contributed by atoms with Gasteiger partial charge in [-0.2, -0.15) is 0 Å². The summed E-state index contributed by atoms with van der Waals surface area (Å²) in [5, 5.41) is 0. The van der Waals surface area contributed by atoms with Crippen molar-refractivity contribution in [2.45, 2.75) is 19.3 Å². The SMILES string of the molecule is Fc1cccc(Br)c1OCCCN1CCCC1. The van der Waals surface area contributed by atoms with Gasteiger partial charge in [0.05, 0.1) is 11.1 Å². The van der Waals surface area contributed by atoms with Crippen LogP contribution in [0.25, 0.3) is 0 Å². The lowest BCUT2D eigenvalue weighted by Gasteiger charge is -2.15. The number of hydrogen-bond donors (Lipinski definition) is 0. The molecule has 0 atom stereocenters. The molecule has 1 aliphatic heterocycles. The number of rotatable bonds is 5. The molecule has 1 aromatic rings. The highest BCUT2D eigenvalue weighted by molar-refractivity contribution is 9.10. The van der Waals surface area contributed by atoms with Crippen LogP contribution in [0.1, 0.15) is 19.3 Å². The van der Waals surface area contributed by atoms with Crippen molar-refractivity contribution in [1.29, 1.82) is 0 Å². The number of ether oxygens (including phenoxy) is 1. The topological polar surface area (TPSA) is 12.5 Å². The number of benzene rings is 1. The van der Waals surface area contributed by atoms with E-state index in [4.69, 9.17) is 4.74 Å². The first kappa shape index (κ1) is 12.8. The molecule has 1 heterocycles. The number of para-hydroxylation sites is 1. The predicted octanol–water partition coefficient (Wildman–Crippen LogP) is 3.45. The van der Waals surface area contributed by atoms with E-state index in [9.17, 15) is 4.39 Å². The second kappa shape index (κ2) is 6.36. The fraction of sp³-hybridized carbons (Fsp3) is 0.538. The van der Waals surface area contributed by atoms with E-state index in [0.717, 1.165) is 13.0 Å². The van der Waals surface area contributed by atoms with Gasteiger partial charge in [0, 0.05) is 6.54 Å². The van der Waals surface area contributed by atoms with E-state index in [0.29, 0.717) is 16.8 Å². The first-order valence-corrected chi connectivity index (χ1v) is 6.86. The van der Waals surface area contributed by atoms with Crippen molar-refractivity contribution in [3.63, 3.8) is 0 Å². The van der Waals surface area contributed by atoms with Crippen molar-refractivity contribution in [2.75, 3.05) is 26.2 Å². The van der Waals surface area contributed by atoms with Crippen LogP contribution in [0.15, 0.2) is 22.7 Å². The average Bonchev–Trinajstić information content (AvgIpc) is 2.80. The monoisotopic (exact) mass is 301 g/mol. The molecule has 0 unspecified atom stereocenters. The van der Waals surface area contributed by atoms with Crippen LogP contribution < -0.4 is 4.74 Å². The maximum absolute atomic E-state index is 13.4. The molecule has 2 rings (SSSR count). The maximum Gasteiger partial charge on any atom is 0.169 e. The standard InChI is InChI=1S/C13H17BrFNO/c14-11-5-3-6-12(15)13(11)17-10-4-9-16-7-1-2-8-16/h3,5-6H,1-2,4,7-10H2. The lowest BCUT2D eigenvalue weighted by atomic mass is 10.3. The Hall–Kier alpha value is -0.610. The lowest BCUT2D eigenvalue weighted by Crippen LogP contribution is -2.22. The fourth-order valence-electron chi connectivity index (χ4n) is 2.09. The minimum absolute atomic E-state index is 0.305. The van der Waals surface area contributed by atoms with Gasteiger partial charge in [-0.05, 0) is 60.4 Å². The molecule has 0 N–H and O–H groups in total. The number of hydrogen-bond acceptors (Lipinski definition) is 2. The number of nitrogens with zero attached hydrogens (tertiary/aromatic N) is 1. The first-order valence-electron chi connectivity index (χ1n) is 6.06. The molecule has 0 radical (unpaired) electrons. The average molecular weight is 302 g/mol. The van der Waals surface area contributed by atoms with Crippen LogP contribution in [0, 0.1) is 5.82 Å². The molecule has 0 aromatic heterocycles. The molecule has 1 aromatic carbocycles. The van der Waals surface area contributed by atoms with Crippen molar-refractivity contribution in [1.82, 2.24) is 4.90 Å². The smallest absolute Gasteiger partial charge is 0.169 e. The van der Waals surface area contributed by atoms with Gasteiger partial charge in [-0.15, -0.1) is 0 Å². The normalized spacial score (nSPS) is 16.4. The van der Waals surface area contributed by atoms with Gasteiger partial charge in [0.25, 0.3) is 0 Å². The van der Waals surface area contributed by atoms with E-state index in [1.54, 1.807) is 12.1 Å². The summed E-state index contributed by atoms with van der Waals surface area (Å²) in [7, 11) is 0. The van der Waals surface area contributed by atoms with Crippen LogP contribution in [0.3, 0.4) is 0 Å². The number of likely N-dealkylation sites (tertiary alicyclic amines) is 1. The number of halogens is 2. The van der Waals surface area contributed by atoms with Gasteiger partial charge in [0.15, 0.2) is 11.6 Å². The summed E-state index contributed by atoms with van der Waals surface area (Å²) in [5.74, 6) is 0.0227. The molecule has 17 heavy (non-hydrogen) atoms. The van der Waals surface area contributed by atoms with Gasteiger partial charge in [-0.3, -0.25) is 0 Å². The Morgan fingerprint density at radius 2 is 2.06 bits per heavy atom. The highest BCUT2D eigenvalue weighted by atomic mass is 79.9. The lowest BCUT2D eigenvalue weighted by molar-refractivity contribution is 0.254. The summed E-state index contributed by atoms with van der Waals surface area (Å²) >= 11 is 3.29. The summed E-state index contributed by atoms with van der Waals surface area (Å²) in [4.78, 5) is 2.43. The summed E-state index contributed by atoms with van der Waals surface area (Å²) in [6, 6.07) is 4.87. The van der Waals surface area contributed by atoms with E-state index in [1.165, 1.54) is 32.0 Å². The molecule has 94 valence electrons. The van der Waals surface area contributed by atoms with E-state index in [2.05, 4.69) is 20.8 Å². The third kappa shape index (κ3) is 3.68. The van der Waals surface area contributed by atoms with Gasteiger partial charge in [-0.1, -0.05) is 6.07 Å². The zero-order valence-electron chi connectivity index (χ0n) is 9.79. The van der Waals surface area contributed by atoms with Gasteiger partial charge < -0.3 is 9.64 Å². The highest BCUT2D eigenvalue weighted by Gasteiger charge is 2.11. The summed E-state index contributed by atoms with van der Waals surface area (Å²) in [6.45, 7) is 4.01. The Morgan fingerprint density at radius 1 is 1.29 bits per heavy atom. The Kier molecular flexibility index (Phi) is 4.80. The summed E-state index contributed by atoms with van der Waals surface area (Å²) in [6.07, 6.45) is 3.56. The van der Waals surface area contributed by atoms with Crippen molar-refractivity contribution in [3.8, 4) is 5.75 Å². The molecular formula is C13H17BrFNO.